The Morgan fingerprint density at radius 3 is 2.67 bits per heavy atom. The third-order valence-corrected chi connectivity index (χ3v) is 5.45. The quantitative estimate of drug-likeness (QED) is 0.586. The van der Waals surface area contributed by atoms with Crippen LogP contribution in [0.5, 0.6) is 0 Å². The molecule has 4 N–H and O–H groups in total. The lowest BCUT2D eigenvalue weighted by Gasteiger charge is -2.43. The van der Waals surface area contributed by atoms with Gasteiger partial charge in [0.25, 0.3) is 6.47 Å². The number of benzene rings is 1. The molecule has 1 aromatic carbocycles. The minimum Gasteiger partial charge on any atom is -0.483 e. The van der Waals surface area contributed by atoms with E-state index in [1.165, 1.54) is 0 Å². The van der Waals surface area contributed by atoms with Crippen molar-refractivity contribution in [2.45, 2.75) is 38.3 Å². The zero-order valence-corrected chi connectivity index (χ0v) is 15.0. The molecule has 1 aliphatic heterocycles. The molecule has 2 aromatic rings. The first kappa shape index (κ1) is 19.3. The molecule has 0 spiro atoms. The summed E-state index contributed by atoms with van der Waals surface area (Å²) in [6.07, 6.45) is 2.50. The molecule has 4 rings (SSSR count). The minimum absolute atomic E-state index is 0.250. The van der Waals surface area contributed by atoms with Gasteiger partial charge in [-0.2, -0.15) is 0 Å². The number of fused-ring (bicyclic) bond motifs is 1. The van der Waals surface area contributed by atoms with Gasteiger partial charge in [0.05, 0.1) is 23.7 Å². The number of nitrogens with one attached hydrogen (secondary N) is 1. The van der Waals surface area contributed by atoms with E-state index in [1.54, 1.807) is 0 Å². The maximum absolute atomic E-state index is 12.0. The SMILES string of the molecule is O=C(O)[C@]1(CC2CC2)CN(Cc2nc3ccccc3[nH]2)CC[C@@H]1O.O=CO. The smallest absolute Gasteiger partial charge is 0.313 e. The van der Waals surface area contributed by atoms with Crippen molar-refractivity contribution in [1.29, 1.82) is 0 Å². The van der Waals surface area contributed by atoms with E-state index >= 15 is 0 Å². The summed E-state index contributed by atoms with van der Waals surface area (Å²) in [6, 6.07) is 7.87. The number of rotatable bonds is 5. The van der Waals surface area contributed by atoms with Gasteiger partial charge in [-0.05, 0) is 30.9 Å². The van der Waals surface area contributed by atoms with Crippen molar-refractivity contribution in [3.05, 3.63) is 30.1 Å². The molecule has 1 saturated carbocycles. The molecule has 2 fully saturated rings. The summed E-state index contributed by atoms with van der Waals surface area (Å²) in [5.41, 5.74) is 0.880. The van der Waals surface area contributed by atoms with Crippen LogP contribution in [0.25, 0.3) is 11.0 Å². The molecule has 8 heteroatoms. The number of aliphatic carboxylic acids is 1. The van der Waals surface area contributed by atoms with E-state index < -0.39 is 17.5 Å². The first-order valence-electron chi connectivity index (χ1n) is 9.14. The number of likely N-dealkylation sites (tertiary alicyclic amines) is 1. The Bertz CT molecular complexity index is 770. The lowest BCUT2D eigenvalue weighted by Crippen LogP contribution is -2.56. The van der Waals surface area contributed by atoms with Crippen molar-refractivity contribution in [2.75, 3.05) is 13.1 Å². The number of piperidine rings is 1. The number of imidazole rings is 1. The second-order valence-electron chi connectivity index (χ2n) is 7.43. The van der Waals surface area contributed by atoms with Crippen LogP contribution in [0, 0.1) is 11.3 Å². The number of aliphatic hydroxyl groups excluding tert-OH is 1. The number of aromatic nitrogens is 2. The molecule has 146 valence electrons. The number of hydrogen-bond donors (Lipinski definition) is 4. The number of carboxylic acid groups (broad SMARTS) is 2. The Morgan fingerprint density at radius 2 is 2.04 bits per heavy atom. The highest BCUT2D eigenvalue weighted by Crippen LogP contribution is 2.45. The topological polar surface area (TPSA) is 127 Å². The molecular weight excluding hydrogens is 350 g/mol. The van der Waals surface area contributed by atoms with Gasteiger partial charge in [-0.25, -0.2) is 4.98 Å². The fraction of sp³-hybridized carbons (Fsp3) is 0.526. The summed E-state index contributed by atoms with van der Waals surface area (Å²) in [4.78, 5) is 30.3. The Labute approximate surface area is 156 Å². The van der Waals surface area contributed by atoms with E-state index in [9.17, 15) is 15.0 Å². The van der Waals surface area contributed by atoms with Gasteiger partial charge in [-0.3, -0.25) is 14.5 Å². The lowest BCUT2D eigenvalue weighted by atomic mass is 9.73. The maximum Gasteiger partial charge on any atom is 0.313 e. The molecule has 2 atom stereocenters. The lowest BCUT2D eigenvalue weighted by molar-refractivity contribution is -0.165. The van der Waals surface area contributed by atoms with Crippen molar-refractivity contribution in [2.24, 2.45) is 11.3 Å². The highest BCUT2D eigenvalue weighted by molar-refractivity contribution is 5.76. The molecular formula is C19H25N3O5. The molecule has 2 aliphatic rings. The highest BCUT2D eigenvalue weighted by atomic mass is 16.4. The van der Waals surface area contributed by atoms with Crippen molar-refractivity contribution >= 4 is 23.5 Å². The number of hydrogen-bond acceptors (Lipinski definition) is 5. The zero-order chi connectivity index (χ0) is 19.4. The van der Waals surface area contributed by atoms with Gasteiger partial charge >= 0.3 is 5.97 Å². The zero-order valence-electron chi connectivity index (χ0n) is 15.0. The summed E-state index contributed by atoms with van der Waals surface area (Å²) < 4.78 is 0. The van der Waals surface area contributed by atoms with Gasteiger partial charge in [-0.1, -0.05) is 25.0 Å². The Morgan fingerprint density at radius 1 is 1.33 bits per heavy atom. The number of nitrogens with zero attached hydrogens (tertiary/aromatic N) is 2. The second-order valence-corrected chi connectivity index (χ2v) is 7.43. The molecule has 1 aliphatic carbocycles. The van der Waals surface area contributed by atoms with Crippen molar-refractivity contribution in [3.8, 4) is 0 Å². The van der Waals surface area contributed by atoms with Crippen LogP contribution < -0.4 is 0 Å². The van der Waals surface area contributed by atoms with Gasteiger partial charge in [-0.15, -0.1) is 0 Å². The number of H-pyrrole nitrogens is 1. The van der Waals surface area contributed by atoms with Gasteiger partial charge in [0.2, 0.25) is 0 Å². The van der Waals surface area contributed by atoms with Gasteiger partial charge in [0, 0.05) is 13.1 Å². The van der Waals surface area contributed by atoms with E-state index in [4.69, 9.17) is 9.90 Å². The van der Waals surface area contributed by atoms with Crippen molar-refractivity contribution < 1.29 is 24.9 Å². The van der Waals surface area contributed by atoms with Crippen LogP contribution in [0.15, 0.2) is 24.3 Å². The number of aromatic amines is 1. The standard InChI is InChI=1S/C18H23N3O3.CH2O2/c22-15-7-8-21(11-18(15,17(23)24)9-12-5-6-12)10-16-19-13-3-1-2-4-14(13)20-16;2-1-3/h1-4,12,15,22H,5-11H2,(H,19,20)(H,23,24);1H,(H,2,3)/t15-,18+;/m0./s1. The van der Waals surface area contributed by atoms with E-state index in [0.29, 0.717) is 38.4 Å². The minimum atomic E-state index is -1.04. The summed E-state index contributed by atoms with van der Waals surface area (Å²) >= 11 is 0. The summed E-state index contributed by atoms with van der Waals surface area (Å²) in [5.74, 6) is 0.441. The molecule has 1 saturated heterocycles. The Hall–Kier alpha value is -2.45. The Kier molecular flexibility index (Phi) is 5.76. The number of aliphatic hydroxyl groups is 1. The van der Waals surface area contributed by atoms with E-state index in [-0.39, 0.29) is 6.47 Å². The van der Waals surface area contributed by atoms with Crippen LogP contribution in [0.4, 0.5) is 0 Å². The van der Waals surface area contributed by atoms with Crippen LogP contribution in [0.1, 0.15) is 31.5 Å². The highest BCUT2D eigenvalue weighted by Gasteiger charge is 2.51. The van der Waals surface area contributed by atoms with Crippen molar-refractivity contribution in [3.63, 3.8) is 0 Å². The van der Waals surface area contributed by atoms with Crippen LogP contribution >= 0.6 is 0 Å². The largest absolute Gasteiger partial charge is 0.483 e. The molecule has 27 heavy (non-hydrogen) atoms. The average molecular weight is 375 g/mol. The second kappa shape index (κ2) is 8.06. The number of carbonyl (C=O) groups is 2. The van der Waals surface area contributed by atoms with Gasteiger partial charge in [0.1, 0.15) is 11.2 Å². The van der Waals surface area contributed by atoms with E-state index in [2.05, 4.69) is 14.9 Å². The predicted octanol–water partition coefficient (Wildman–Crippen LogP) is 1.70. The molecule has 0 amide bonds. The normalized spacial score (nSPS) is 25.6. The summed E-state index contributed by atoms with van der Waals surface area (Å²) in [7, 11) is 0. The maximum atomic E-state index is 12.0. The van der Waals surface area contributed by atoms with E-state index in [0.717, 1.165) is 29.7 Å². The van der Waals surface area contributed by atoms with Gasteiger partial charge < -0.3 is 20.3 Å². The summed E-state index contributed by atoms with van der Waals surface area (Å²) in [6.45, 7) is 1.41. The molecule has 2 heterocycles. The van der Waals surface area contributed by atoms with Crippen LogP contribution in [0.3, 0.4) is 0 Å². The fourth-order valence-corrected chi connectivity index (χ4v) is 3.93. The third-order valence-electron chi connectivity index (χ3n) is 5.45. The van der Waals surface area contributed by atoms with Crippen molar-refractivity contribution in [1.82, 2.24) is 14.9 Å². The van der Waals surface area contributed by atoms with Crippen LogP contribution in [0.2, 0.25) is 0 Å². The fourth-order valence-electron chi connectivity index (χ4n) is 3.93. The molecule has 0 unspecified atom stereocenters. The summed E-state index contributed by atoms with van der Waals surface area (Å²) in [5, 5.41) is 27.1. The third kappa shape index (κ3) is 4.28. The first-order chi connectivity index (χ1) is 13.0. The first-order valence-corrected chi connectivity index (χ1v) is 9.14. The number of para-hydroxylation sites is 2. The predicted molar refractivity (Wildman–Crippen MR) is 98.1 cm³/mol. The average Bonchev–Trinajstić information content (AvgIpc) is 3.34. The Balaban J connectivity index is 0.000000659. The molecule has 1 aromatic heterocycles. The van der Waals surface area contributed by atoms with Gasteiger partial charge in [0.15, 0.2) is 0 Å². The van der Waals surface area contributed by atoms with Crippen LogP contribution in [-0.4, -0.2) is 61.8 Å². The number of carboxylic acids is 1. The van der Waals surface area contributed by atoms with Crippen LogP contribution in [-0.2, 0) is 16.1 Å². The molecule has 0 radical (unpaired) electrons. The molecule has 8 nitrogen and oxygen atoms in total. The van der Waals surface area contributed by atoms with E-state index in [1.807, 2.05) is 24.3 Å². The monoisotopic (exact) mass is 375 g/mol. The molecule has 0 bridgehead atoms.